The SMILES string of the molecule is Cc1ccc(C(=O)c2cc(F)cc(F)c2)c2ccccc12. The summed E-state index contributed by atoms with van der Waals surface area (Å²) < 4.78 is 26.6. The Morgan fingerprint density at radius 2 is 1.48 bits per heavy atom. The lowest BCUT2D eigenvalue weighted by atomic mass is 9.95. The van der Waals surface area contributed by atoms with E-state index in [1.54, 1.807) is 6.07 Å². The van der Waals surface area contributed by atoms with Crippen molar-refractivity contribution in [1.29, 1.82) is 0 Å². The lowest BCUT2D eigenvalue weighted by Crippen LogP contribution is -2.04. The zero-order valence-corrected chi connectivity index (χ0v) is 11.4. The Hall–Kier alpha value is -2.55. The quantitative estimate of drug-likeness (QED) is 0.625. The zero-order valence-electron chi connectivity index (χ0n) is 11.4. The summed E-state index contributed by atoms with van der Waals surface area (Å²) in [6.07, 6.45) is 0. The third kappa shape index (κ3) is 2.42. The second kappa shape index (κ2) is 5.09. The summed E-state index contributed by atoms with van der Waals surface area (Å²) in [5.74, 6) is -1.89. The van der Waals surface area contributed by atoms with E-state index in [-0.39, 0.29) is 11.3 Å². The average molecular weight is 282 g/mol. The van der Waals surface area contributed by atoms with E-state index in [1.165, 1.54) is 0 Å². The minimum Gasteiger partial charge on any atom is -0.289 e. The summed E-state index contributed by atoms with van der Waals surface area (Å²) in [7, 11) is 0. The molecule has 0 bridgehead atoms. The van der Waals surface area contributed by atoms with E-state index in [0.717, 1.165) is 34.5 Å². The molecule has 0 spiro atoms. The molecule has 3 aromatic carbocycles. The van der Waals surface area contributed by atoms with E-state index >= 15 is 0 Å². The van der Waals surface area contributed by atoms with Gasteiger partial charge in [0.2, 0.25) is 0 Å². The molecular weight excluding hydrogens is 270 g/mol. The maximum Gasteiger partial charge on any atom is 0.193 e. The molecule has 3 heteroatoms. The number of hydrogen-bond acceptors (Lipinski definition) is 1. The second-order valence-corrected chi connectivity index (χ2v) is 4.96. The highest BCUT2D eigenvalue weighted by Crippen LogP contribution is 2.25. The van der Waals surface area contributed by atoms with Crippen molar-refractivity contribution < 1.29 is 13.6 Å². The predicted octanol–water partition coefficient (Wildman–Crippen LogP) is 4.66. The zero-order chi connectivity index (χ0) is 15.0. The highest BCUT2D eigenvalue weighted by atomic mass is 19.1. The van der Waals surface area contributed by atoms with Gasteiger partial charge in [0, 0.05) is 17.2 Å². The minimum atomic E-state index is -0.755. The van der Waals surface area contributed by atoms with Crippen LogP contribution in [0.3, 0.4) is 0 Å². The fraction of sp³-hybridized carbons (Fsp3) is 0.0556. The summed E-state index contributed by atoms with van der Waals surface area (Å²) >= 11 is 0. The van der Waals surface area contributed by atoms with Crippen LogP contribution in [0.5, 0.6) is 0 Å². The average Bonchev–Trinajstić information content (AvgIpc) is 2.46. The number of halogens is 2. The molecule has 0 radical (unpaired) electrons. The van der Waals surface area contributed by atoms with Crippen LogP contribution in [0.15, 0.2) is 54.6 Å². The smallest absolute Gasteiger partial charge is 0.193 e. The molecule has 3 rings (SSSR count). The van der Waals surface area contributed by atoms with Gasteiger partial charge in [-0.15, -0.1) is 0 Å². The number of carbonyl (C=O) groups excluding carboxylic acids is 1. The molecule has 0 unspecified atom stereocenters. The first-order valence-corrected chi connectivity index (χ1v) is 6.55. The molecule has 0 aliphatic heterocycles. The first kappa shape index (κ1) is 13.4. The lowest BCUT2D eigenvalue weighted by molar-refractivity contribution is 0.103. The van der Waals surface area contributed by atoms with Crippen LogP contribution < -0.4 is 0 Å². The summed E-state index contributed by atoms with van der Waals surface area (Å²) in [5.41, 5.74) is 1.51. The Labute approximate surface area is 120 Å². The van der Waals surface area contributed by atoms with Crippen molar-refractivity contribution in [3.05, 3.63) is 82.9 Å². The number of hydrogen-bond donors (Lipinski definition) is 0. The molecule has 0 N–H and O–H groups in total. The van der Waals surface area contributed by atoms with Crippen molar-refractivity contribution in [2.24, 2.45) is 0 Å². The van der Waals surface area contributed by atoms with Crippen LogP contribution in [-0.4, -0.2) is 5.78 Å². The monoisotopic (exact) mass is 282 g/mol. The second-order valence-electron chi connectivity index (χ2n) is 4.96. The van der Waals surface area contributed by atoms with Crippen molar-refractivity contribution >= 4 is 16.6 Å². The summed E-state index contributed by atoms with van der Waals surface area (Å²) in [6, 6.07) is 13.9. The third-order valence-corrected chi connectivity index (χ3v) is 3.51. The third-order valence-electron chi connectivity index (χ3n) is 3.51. The molecular formula is C18H12F2O. The van der Waals surface area contributed by atoms with Crippen molar-refractivity contribution in [1.82, 2.24) is 0 Å². The molecule has 1 nitrogen and oxygen atoms in total. The van der Waals surface area contributed by atoms with Crippen molar-refractivity contribution in [3.63, 3.8) is 0 Å². The van der Waals surface area contributed by atoms with Gasteiger partial charge in [0.15, 0.2) is 5.78 Å². The van der Waals surface area contributed by atoms with Gasteiger partial charge >= 0.3 is 0 Å². The number of aryl methyl sites for hydroxylation is 1. The largest absolute Gasteiger partial charge is 0.289 e. The van der Waals surface area contributed by atoms with E-state index in [0.29, 0.717) is 5.56 Å². The number of rotatable bonds is 2. The highest BCUT2D eigenvalue weighted by molar-refractivity contribution is 6.16. The van der Waals surface area contributed by atoms with E-state index < -0.39 is 11.6 Å². The van der Waals surface area contributed by atoms with Crippen molar-refractivity contribution in [2.45, 2.75) is 6.92 Å². The van der Waals surface area contributed by atoms with Crippen LogP contribution in [0.25, 0.3) is 10.8 Å². The fourth-order valence-electron chi connectivity index (χ4n) is 2.49. The van der Waals surface area contributed by atoms with Gasteiger partial charge in [0.25, 0.3) is 0 Å². The summed E-state index contributed by atoms with van der Waals surface area (Å²) in [6.45, 7) is 1.96. The van der Waals surface area contributed by atoms with Gasteiger partial charge in [-0.05, 0) is 35.4 Å². The minimum absolute atomic E-state index is 0.0153. The fourth-order valence-corrected chi connectivity index (χ4v) is 2.49. The van der Waals surface area contributed by atoms with Crippen molar-refractivity contribution in [3.8, 4) is 0 Å². The van der Waals surface area contributed by atoms with Crippen LogP contribution in [-0.2, 0) is 0 Å². The van der Waals surface area contributed by atoms with Gasteiger partial charge in [-0.2, -0.15) is 0 Å². The van der Waals surface area contributed by atoms with Gasteiger partial charge in [-0.1, -0.05) is 36.4 Å². The summed E-state index contributed by atoms with van der Waals surface area (Å²) in [5, 5.41) is 1.74. The predicted molar refractivity (Wildman–Crippen MR) is 78.5 cm³/mol. The van der Waals surface area contributed by atoms with E-state index in [9.17, 15) is 13.6 Å². The Balaban J connectivity index is 2.20. The van der Waals surface area contributed by atoms with Crippen molar-refractivity contribution in [2.75, 3.05) is 0 Å². The van der Waals surface area contributed by atoms with Crippen LogP contribution in [0, 0.1) is 18.6 Å². The first-order valence-electron chi connectivity index (χ1n) is 6.55. The van der Waals surface area contributed by atoms with E-state index in [4.69, 9.17) is 0 Å². The number of ketones is 1. The first-order chi connectivity index (χ1) is 10.1. The molecule has 0 atom stereocenters. The number of fused-ring (bicyclic) bond motifs is 1. The normalized spacial score (nSPS) is 10.8. The van der Waals surface area contributed by atoms with E-state index in [1.807, 2.05) is 37.3 Å². The van der Waals surface area contributed by atoms with Gasteiger partial charge < -0.3 is 0 Å². The van der Waals surface area contributed by atoms with Gasteiger partial charge in [-0.3, -0.25) is 4.79 Å². The molecule has 0 aliphatic rings. The molecule has 0 amide bonds. The standard InChI is InChI=1S/C18H12F2O/c1-11-6-7-17(16-5-3-2-4-15(11)16)18(21)12-8-13(19)10-14(20)9-12/h2-10H,1H3. The maximum absolute atomic E-state index is 13.3. The Morgan fingerprint density at radius 3 is 2.14 bits per heavy atom. The van der Waals surface area contributed by atoms with Gasteiger partial charge in [-0.25, -0.2) is 8.78 Å². The maximum atomic E-state index is 13.3. The van der Waals surface area contributed by atoms with Crippen LogP contribution in [0.2, 0.25) is 0 Å². The number of carbonyl (C=O) groups is 1. The topological polar surface area (TPSA) is 17.1 Å². The Bertz CT molecular complexity index is 833. The molecule has 3 aromatic rings. The lowest BCUT2D eigenvalue weighted by Gasteiger charge is -2.08. The Morgan fingerprint density at radius 1 is 0.857 bits per heavy atom. The molecule has 104 valence electrons. The molecule has 0 saturated heterocycles. The Kier molecular flexibility index (Phi) is 3.26. The van der Waals surface area contributed by atoms with Gasteiger partial charge in [0.1, 0.15) is 11.6 Å². The molecule has 0 aliphatic carbocycles. The highest BCUT2D eigenvalue weighted by Gasteiger charge is 2.15. The molecule has 0 fully saturated rings. The summed E-state index contributed by atoms with van der Waals surface area (Å²) in [4.78, 5) is 12.5. The molecule has 21 heavy (non-hydrogen) atoms. The van der Waals surface area contributed by atoms with Crippen LogP contribution in [0.1, 0.15) is 21.5 Å². The van der Waals surface area contributed by atoms with Gasteiger partial charge in [0.05, 0.1) is 0 Å². The molecule has 0 heterocycles. The van der Waals surface area contributed by atoms with Crippen LogP contribution >= 0.6 is 0 Å². The molecule has 0 saturated carbocycles. The number of benzene rings is 3. The molecule has 0 aromatic heterocycles. The van der Waals surface area contributed by atoms with Crippen LogP contribution in [0.4, 0.5) is 8.78 Å². The van der Waals surface area contributed by atoms with E-state index in [2.05, 4.69) is 0 Å².